The molecule has 4 rings (SSSR count). The Morgan fingerprint density at radius 3 is 2.64 bits per heavy atom. The lowest BCUT2D eigenvalue weighted by molar-refractivity contribution is 0.174. The van der Waals surface area contributed by atoms with E-state index >= 15 is 0 Å². The second kappa shape index (κ2) is 8.93. The predicted octanol–water partition coefficient (Wildman–Crippen LogP) is 5.22. The molecule has 3 aromatic carbocycles. The first-order valence-corrected chi connectivity index (χ1v) is 10.3. The molecule has 28 heavy (non-hydrogen) atoms. The lowest BCUT2D eigenvalue weighted by Gasteiger charge is -2.25. The number of hydrogen-bond acceptors (Lipinski definition) is 5. The summed E-state index contributed by atoms with van der Waals surface area (Å²) in [5.74, 6) is 3.49. The average Bonchev–Trinajstić information content (AvgIpc) is 3.22. The van der Waals surface area contributed by atoms with Crippen LogP contribution in [-0.2, 0) is 6.54 Å². The van der Waals surface area contributed by atoms with E-state index in [4.69, 9.17) is 14.2 Å². The zero-order valence-electron chi connectivity index (χ0n) is 15.8. The van der Waals surface area contributed by atoms with Crippen molar-refractivity contribution in [1.82, 2.24) is 0 Å². The lowest BCUT2D eigenvalue weighted by Crippen LogP contribution is -2.25. The molecule has 1 heterocycles. The highest BCUT2D eigenvalue weighted by Gasteiger charge is 2.15. The Labute approximate surface area is 170 Å². The third-order valence-electron chi connectivity index (χ3n) is 4.60. The van der Waals surface area contributed by atoms with Crippen LogP contribution in [0.4, 0.5) is 5.69 Å². The Kier molecular flexibility index (Phi) is 5.92. The van der Waals surface area contributed by atoms with Gasteiger partial charge in [-0.05, 0) is 42.0 Å². The molecule has 0 N–H and O–H groups in total. The molecule has 0 radical (unpaired) electrons. The zero-order valence-corrected chi connectivity index (χ0v) is 16.7. The summed E-state index contributed by atoms with van der Waals surface area (Å²) in [5, 5.41) is 0. The van der Waals surface area contributed by atoms with Crippen LogP contribution in [0.3, 0.4) is 0 Å². The van der Waals surface area contributed by atoms with E-state index in [-0.39, 0.29) is 0 Å². The van der Waals surface area contributed by atoms with Crippen LogP contribution in [0.1, 0.15) is 5.56 Å². The van der Waals surface area contributed by atoms with Crippen LogP contribution in [0.15, 0.2) is 77.7 Å². The summed E-state index contributed by atoms with van der Waals surface area (Å²) in [6, 6.07) is 24.9. The van der Waals surface area contributed by atoms with Crippen molar-refractivity contribution < 1.29 is 14.2 Å². The molecular weight excluding hydrogens is 370 g/mol. The van der Waals surface area contributed by atoms with Gasteiger partial charge in [-0.2, -0.15) is 0 Å². The van der Waals surface area contributed by atoms with E-state index in [1.165, 1.54) is 10.5 Å². The third-order valence-corrected chi connectivity index (χ3v) is 5.59. The molecule has 0 atom stereocenters. The van der Waals surface area contributed by atoms with Gasteiger partial charge in [0.2, 0.25) is 6.79 Å². The normalized spacial score (nSPS) is 12.0. The minimum atomic E-state index is 0.298. The molecular formula is C23H23NO3S. The summed E-state index contributed by atoms with van der Waals surface area (Å²) >= 11 is 1.87. The summed E-state index contributed by atoms with van der Waals surface area (Å²) in [4.78, 5) is 3.66. The van der Waals surface area contributed by atoms with E-state index in [9.17, 15) is 0 Å². The quantitative estimate of drug-likeness (QED) is 0.490. The smallest absolute Gasteiger partial charge is 0.231 e. The minimum absolute atomic E-state index is 0.298. The second-order valence-corrected chi connectivity index (χ2v) is 7.64. The molecule has 3 aromatic rings. The maximum atomic E-state index is 5.54. The highest BCUT2D eigenvalue weighted by molar-refractivity contribution is 7.99. The fourth-order valence-electron chi connectivity index (χ4n) is 3.16. The molecule has 0 unspecified atom stereocenters. The molecule has 5 heteroatoms. The van der Waals surface area contributed by atoms with Crippen LogP contribution in [0.25, 0.3) is 0 Å². The van der Waals surface area contributed by atoms with E-state index in [1.54, 1.807) is 7.11 Å². The Balaban J connectivity index is 1.50. The van der Waals surface area contributed by atoms with Gasteiger partial charge >= 0.3 is 0 Å². The summed E-state index contributed by atoms with van der Waals surface area (Å²) in [5.41, 5.74) is 2.34. The first kappa shape index (κ1) is 18.6. The van der Waals surface area contributed by atoms with Gasteiger partial charge in [-0.25, -0.2) is 0 Å². The van der Waals surface area contributed by atoms with Gasteiger partial charge in [0.25, 0.3) is 0 Å². The summed E-state index contributed by atoms with van der Waals surface area (Å²) < 4.78 is 16.4. The number of hydrogen-bond donors (Lipinski definition) is 0. The number of ether oxygens (including phenoxy) is 3. The fourth-order valence-corrected chi connectivity index (χ4v) is 4.05. The molecule has 0 spiro atoms. The molecule has 0 saturated carbocycles. The number of nitrogens with zero attached hydrogens (tertiary/aromatic N) is 1. The Morgan fingerprint density at radius 2 is 1.79 bits per heavy atom. The van der Waals surface area contributed by atoms with Crippen molar-refractivity contribution in [3.05, 3.63) is 78.4 Å². The van der Waals surface area contributed by atoms with Gasteiger partial charge in [0, 0.05) is 35.5 Å². The number of methoxy groups -OCH3 is 1. The Bertz CT molecular complexity index is 917. The standard InChI is InChI=1S/C23H23NO3S/c1-25-20-7-5-6-19(15-20)24(12-13-28-21-8-3-2-4-9-21)16-18-10-11-22-23(14-18)27-17-26-22/h2-11,14-15H,12-13,16-17H2,1H3. The van der Waals surface area contributed by atoms with Crippen LogP contribution >= 0.6 is 11.8 Å². The first-order valence-electron chi connectivity index (χ1n) is 9.27. The van der Waals surface area contributed by atoms with Gasteiger partial charge in [-0.15, -0.1) is 11.8 Å². The molecule has 0 aliphatic carbocycles. The summed E-state index contributed by atoms with van der Waals surface area (Å²) in [6.45, 7) is 2.01. The van der Waals surface area contributed by atoms with Crippen molar-refractivity contribution in [3.63, 3.8) is 0 Å². The molecule has 0 fully saturated rings. The molecule has 1 aliphatic heterocycles. The van der Waals surface area contributed by atoms with Crippen LogP contribution < -0.4 is 19.1 Å². The van der Waals surface area contributed by atoms with Gasteiger partial charge in [0.05, 0.1) is 7.11 Å². The van der Waals surface area contributed by atoms with Gasteiger partial charge in [0.15, 0.2) is 11.5 Å². The van der Waals surface area contributed by atoms with E-state index in [2.05, 4.69) is 53.4 Å². The van der Waals surface area contributed by atoms with Gasteiger partial charge in [0.1, 0.15) is 5.75 Å². The van der Waals surface area contributed by atoms with E-state index in [0.717, 1.165) is 41.8 Å². The van der Waals surface area contributed by atoms with Crippen LogP contribution in [0, 0.1) is 0 Å². The monoisotopic (exact) mass is 393 g/mol. The molecule has 0 saturated heterocycles. The number of benzene rings is 3. The number of rotatable bonds is 8. The molecule has 144 valence electrons. The van der Waals surface area contributed by atoms with Crippen LogP contribution in [0.2, 0.25) is 0 Å². The van der Waals surface area contributed by atoms with Crippen molar-refractivity contribution in [2.24, 2.45) is 0 Å². The fraction of sp³-hybridized carbons (Fsp3) is 0.217. The van der Waals surface area contributed by atoms with E-state index in [0.29, 0.717) is 6.79 Å². The SMILES string of the molecule is COc1cccc(N(CCSc2ccccc2)Cc2ccc3c(c2)OCO3)c1. The number of thioether (sulfide) groups is 1. The highest BCUT2D eigenvalue weighted by atomic mass is 32.2. The van der Waals surface area contributed by atoms with Crippen molar-refractivity contribution in [2.75, 3.05) is 31.1 Å². The Morgan fingerprint density at radius 1 is 0.929 bits per heavy atom. The van der Waals surface area contributed by atoms with Crippen molar-refractivity contribution >= 4 is 17.4 Å². The van der Waals surface area contributed by atoms with Crippen LogP contribution in [-0.4, -0.2) is 26.2 Å². The van der Waals surface area contributed by atoms with Gasteiger partial charge < -0.3 is 19.1 Å². The molecule has 0 aromatic heterocycles. The topological polar surface area (TPSA) is 30.9 Å². The predicted molar refractivity (Wildman–Crippen MR) is 114 cm³/mol. The van der Waals surface area contributed by atoms with Gasteiger partial charge in [-0.3, -0.25) is 0 Å². The first-order chi connectivity index (χ1) is 13.8. The van der Waals surface area contributed by atoms with Crippen molar-refractivity contribution in [2.45, 2.75) is 11.4 Å². The summed E-state index contributed by atoms with van der Waals surface area (Å²) in [7, 11) is 1.70. The largest absolute Gasteiger partial charge is 0.497 e. The molecule has 0 bridgehead atoms. The maximum Gasteiger partial charge on any atom is 0.231 e. The van der Waals surface area contributed by atoms with E-state index < -0.39 is 0 Å². The third kappa shape index (κ3) is 4.54. The maximum absolute atomic E-state index is 5.54. The van der Waals surface area contributed by atoms with E-state index in [1.807, 2.05) is 36.0 Å². The molecule has 4 nitrogen and oxygen atoms in total. The van der Waals surface area contributed by atoms with Crippen LogP contribution in [0.5, 0.6) is 17.2 Å². The summed E-state index contributed by atoms with van der Waals surface area (Å²) in [6.07, 6.45) is 0. The Hall–Kier alpha value is -2.79. The molecule has 0 amide bonds. The molecule has 1 aliphatic rings. The number of anilines is 1. The van der Waals surface area contributed by atoms with Crippen molar-refractivity contribution in [1.29, 1.82) is 0 Å². The highest BCUT2D eigenvalue weighted by Crippen LogP contribution is 2.33. The number of fused-ring (bicyclic) bond motifs is 1. The lowest BCUT2D eigenvalue weighted by atomic mass is 10.1. The van der Waals surface area contributed by atoms with Gasteiger partial charge in [-0.1, -0.05) is 30.3 Å². The average molecular weight is 394 g/mol. The second-order valence-electron chi connectivity index (χ2n) is 6.47. The minimum Gasteiger partial charge on any atom is -0.497 e. The zero-order chi connectivity index (χ0) is 19.2. The van der Waals surface area contributed by atoms with Crippen molar-refractivity contribution in [3.8, 4) is 17.2 Å².